The van der Waals surface area contributed by atoms with Crippen molar-refractivity contribution in [2.45, 2.75) is 24.9 Å². The van der Waals surface area contributed by atoms with Crippen LogP contribution in [-0.2, 0) is 9.53 Å². The second-order valence-electron chi connectivity index (χ2n) is 3.53. The van der Waals surface area contributed by atoms with E-state index < -0.39 is 0 Å². The van der Waals surface area contributed by atoms with Gasteiger partial charge < -0.3 is 15.4 Å². The summed E-state index contributed by atoms with van der Waals surface area (Å²) in [6.07, 6.45) is 1.48. The van der Waals surface area contributed by atoms with E-state index in [0.29, 0.717) is 25.6 Å². The Bertz CT molecular complexity index is 189. The number of hydrogen-bond acceptors (Lipinski definition) is 3. The number of nitrogens with zero attached hydrogens (tertiary/aromatic N) is 1. The van der Waals surface area contributed by atoms with Crippen molar-refractivity contribution in [3.8, 4) is 0 Å². The van der Waals surface area contributed by atoms with Crippen LogP contribution in [0.2, 0.25) is 0 Å². The van der Waals surface area contributed by atoms with E-state index >= 15 is 0 Å². The summed E-state index contributed by atoms with van der Waals surface area (Å²) in [6.45, 7) is 2.19. The minimum atomic E-state index is 0.0399. The Morgan fingerprint density at radius 3 is 2.92 bits per heavy atom. The lowest BCUT2D eigenvalue weighted by molar-refractivity contribution is -0.129. The predicted octanol–water partition coefficient (Wildman–Crippen LogP) is -0.665. The summed E-state index contributed by atoms with van der Waals surface area (Å²) >= 11 is 0. The maximum atomic E-state index is 11.4. The highest BCUT2D eigenvalue weighted by molar-refractivity contribution is 5.79. The summed E-state index contributed by atoms with van der Waals surface area (Å²) < 4.78 is 5.22. The van der Waals surface area contributed by atoms with Crippen LogP contribution in [-0.4, -0.2) is 42.6 Å². The Hall–Kier alpha value is -0.610. The van der Waals surface area contributed by atoms with E-state index in [1.54, 1.807) is 0 Å². The maximum Gasteiger partial charge on any atom is 0.224 e. The number of carbonyl (C=O) groups is 1. The standard InChI is InChI=1S/C8H14N2O2/c9-6-3-8(11)10(4-6)7-1-2-12-5-7/h6-7H,1-5,9H2. The van der Waals surface area contributed by atoms with Crippen molar-refractivity contribution in [2.75, 3.05) is 19.8 Å². The average molecular weight is 170 g/mol. The molecule has 4 heteroatoms. The molecule has 68 valence electrons. The van der Waals surface area contributed by atoms with Gasteiger partial charge in [0.15, 0.2) is 0 Å². The lowest BCUT2D eigenvalue weighted by atomic mass is 10.2. The second kappa shape index (κ2) is 3.03. The first kappa shape index (κ1) is 8.01. The average Bonchev–Trinajstić information content (AvgIpc) is 2.58. The fraction of sp³-hybridized carbons (Fsp3) is 0.875. The van der Waals surface area contributed by atoms with Crippen LogP contribution in [0.25, 0.3) is 0 Å². The van der Waals surface area contributed by atoms with Crippen LogP contribution in [0.5, 0.6) is 0 Å². The van der Waals surface area contributed by atoms with Crippen molar-refractivity contribution in [1.82, 2.24) is 4.90 Å². The Labute approximate surface area is 71.7 Å². The number of ether oxygens (including phenoxy) is 1. The number of amides is 1. The molecule has 0 spiro atoms. The van der Waals surface area contributed by atoms with Gasteiger partial charge in [0.25, 0.3) is 0 Å². The van der Waals surface area contributed by atoms with Crippen LogP contribution >= 0.6 is 0 Å². The van der Waals surface area contributed by atoms with Gasteiger partial charge in [-0.1, -0.05) is 0 Å². The molecule has 2 unspecified atom stereocenters. The summed E-state index contributed by atoms with van der Waals surface area (Å²) in [6, 6.07) is 0.337. The first-order valence-corrected chi connectivity index (χ1v) is 4.40. The number of likely N-dealkylation sites (tertiary alicyclic amines) is 1. The molecule has 0 bridgehead atoms. The van der Waals surface area contributed by atoms with Gasteiger partial charge in [-0.3, -0.25) is 4.79 Å². The maximum absolute atomic E-state index is 11.4. The highest BCUT2D eigenvalue weighted by Crippen LogP contribution is 2.18. The number of rotatable bonds is 1. The third kappa shape index (κ3) is 1.32. The molecule has 2 saturated heterocycles. The first-order chi connectivity index (χ1) is 5.77. The van der Waals surface area contributed by atoms with Crippen LogP contribution in [0.1, 0.15) is 12.8 Å². The molecule has 2 aliphatic rings. The van der Waals surface area contributed by atoms with Crippen LogP contribution in [0.4, 0.5) is 0 Å². The number of nitrogens with two attached hydrogens (primary N) is 1. The highest BCUT2D eigenvalue weighted by Gasteiger charge is 2.34. The van der Waals surface area contributed by atoms with Crippen molar-refractivity contribution in [2.24, 2.45) is 5.73 Å². The van der Waals surface area contributed by atoms with Gasteiger partial charge >= 0.3 is 0 Å². The molecular formula is C8H14N2O2. The Balaban J connectivity index is 1.98. The topological polar surface area (TPSA) is 55.6 Å². The Morgan fingerprint density at radius 2 is 2.42 bits per heavy atom. The van der Waals surface area contributed by atoms with Crippen molar-refractivity contribution in [3.05, 3.63) is 0 Å². The van der Waals surface area contributed by atoms with Gasteiger partial charge in [0, 0.05) is 25.6 Å². The van der Waals surface area contributed by atoms with Crippen molar-refractivity contribution in [1.29, 1.82) is 0 Å². The molecule has 0 aromatic rings. The summed E-state index contributed by atoms with van der Waals surface area (Å²) in [7, 11) is 0. The molecule has 2 N–H and O–H groups in total. The van der Waals surface area contributed by atoms with Gasteiger partial charge in [-0.2, -0.15) is 0 Å². The van der Waals surface area contributed by atoms with Crippen LogP contribution in [0.3, 0.4) is 0 Å². The Kier molecular flexibility index (Phi) is 2.02. The largest absolute Gasteiger partial charge is 0.379 e. The van der Waals surface area contributed by atoms with E-state index in [4.69, 9.17) is 10.5 Å². The van der Waals surface area contributed by atoms with Gasteiger partial charge in [-0.15, -0.1) is 0 Å². The van der Waals surface area contributed by atoms with Crippen LogP contribution < -0.4 is 5.73 Å². The van der Waals surface area contributed by atoms with Crippen LogP contribution in [0.15, 0.2) is 0 Å². The van der Waals surface area contributed by atoms with Crippen molar-refractivity contribution < 1.29 is 9.53 Å². The third-order valence-corrected chi connectivity index (χ3v) is 2.53. The smallest absolute Gasteiger partial charge is 0.224 e. The highest BCUT2D eigenvalue weighted by atomic mass is 16.5. The molecule has 4 nitrogen and oxygen atoms in total. The Morgan fingerprint density at radius 1 is 1.58 bits per heavy atom. The SMILES string of the molecule is NC1CC(=O)N(C2CCOC2)C1. The molecule has 12 heavy (non-hydrogen) atoms. The van der Waals surface area contributed by atoms with E-state index in [9.17, 15) is 4.79 Å². The summed E-state index contributed by atoms with van der Waals surface area (Å²) in [4.78, 5) is 13.2. The quantitative estimate of drug-likeness (QED) is 0.568. The number of hydrogen-bond donors (Lipinski definition) is 1. The predicted molar refractivity (Wildman–Crippen MR) is 43.5 cm³/mol. The van der Waals surface area contributed by atoms with Gasteiger partial charge in [-0.25, -0.2) is 0 Å². The summed E-state index contributed by atoms with van der Waals surface area (Å²) in [5.41, 5.74) is 5.68. The zero-order chi connectivity index (χ0) is 8.55. The molecule has 2 atom stereocenters. The molecule has 0 saturated carbocycles. The van der Waals surface area contributed by atoms with E-state index in [-0.39, 0.29) is 11.9 Å². The fourth-order valence-electron chi connectivity index (χ4n) is 1.88. The van der Waals surface area contributed by atoms with Crippen molar-refractivity contribution in [3.63, 3.8) is 0 Å². The zero-order valence-electron chi connectivity index (χ0n) is 7.03. The van der Waals surface area contributed by atoms with E-state index in [0.717, 1.165) is 13.0 Å². The molecule has 0 aromatic heterocycles. The normalized spacial score (nSPS) is 36.4. The van der Waals surface area contributed by atoms with Crippen LogP contribution in [0, 0.1) is 0 Å². The van der Waals surface area contributed by atoms with Gasteiger partial charge in [0.2, 0.25) is 5.91 Å². The van der Waals surface area contributed by atoms with Gasteiger partial charge in [-0.05, 0) is 6.42 Å². The first-order valence-electron chi connectivity index (χ1n) is 4.40. The molecule has 1 amide bonds. The summed E-state index contributed by atoms with van der Waals surface area (Å²) in [5.74, 6) is 0.193. The molecule has 2 fully saturated rings. The van der Waals surface area contributed by atoms with Gasteiger partial charge in [0.1, 0.15) is 0 Å². The number of carbonyl (C=O) groups excluding carboxylic acids is 1. The zero-order valence-corrected chi connectivity index (χ0v) is 7.03. The second-order valence-corrected chi connectivity index (χ2v) is 3.53. The van der Waals surface area contributed by atoms with E-state index in [1.165, 1.54) is 0 Å². The summed E-state index contributed by atoms with van der Waals surface area (Å²) in [5, 5.41) is 0. The molecule has 0 aromatic carbocycles. The molecule has 2 aliphatic heterocycles. The minimum absolute atomic E-state index is 0.0399. The van der Waals surface area contributed by atoms with E-state index in [1.807, 2.05) is 4.90 Å². The lowest BCUT2D eigenvalue weighted by Crippen LogP contribution is -2.38. The lowest BCUT2D eigenvalue weighted by Gasteiger charge is -2.22. The molecule has 2 rings (SSSR count). The van der Waals surface area contributed by atoms with Gasteiger partial charge in [0.05, 0.1) is 12.6 Å². The third-order valence-electron chi connectivity index (χ3n) is 2.53. The monoisotopic (exact) mass is 170 g/mol. The molecule has 0 radical (unpaired) electrons. The molecule has 2 heterocycles. The molecular weight excluding hydrogens is 156 g/mol. The fourth-order valence-corrected chi connectivity index (χ4v) is 1.88. The minimum Gasteiger partial charge on any atom is -0.379 e. The molecule has 0 aliphatic carbocycles. The van der Waals surface area contributed by atoms with E-state index in [2.05, 4.69) is 0 Å². The van der Waals surface area contributed by atoms with Crippen molar-refractivity contribution >= 4 is 5.91 Å².